The highest BCUT2D eigenvalue weighted by molar-refractivity contribution is 7.98. The van der Waals surface area contributed by atoms with Crippen molar-refractivity contribution in [2.75, 3.05) is 0 Å². The topological polar surface area (TPSA) is 73.8 Å². The molecule has 3 aromatic rings. The summed E-state index contributed by atoms with van der Waals surface area (Å²) in [4.78, 5) is 21.6. The molecule has 3 heterocycles. The smallest absolute Gasteiger partial charge is 0.262 e. The molecule has 0 amide bonds. The largest absolute Gasteiger partial charge is 0.338 e. The predicted octanol–water partition coefficient (Wildman–Crippen LogP) is 2.23. The Hall–Kier alpha value is -1.67. The minimum Gasteiger partial charge on any atom is -0.338 e. The van der Waals surface area contributed by atoms with Crippen molar-refractivity contribution in [3.8, 4) is 0 Å². The van der Waals surface area contributed by atoms with Crippen molar-refractivity contribution < 1.29 is 4.52 Å². The van der Waals surface area contributed by atoms with E-state index in [1.807, 2.05) is 12.3 Å². The molecule has 0 N–H and O–H groups in total. The minimum atomic E-state index is -0.0291. The SMILES string of the molecule is CCc1noc(CSc2nc3sccc3c(=O)n2C)n1. The van der Waals surface area contributed by atoms with Gasteiger partial charge in [-0.15, -0.1) is 11.3 Å². The summed E-state index contributed by atoms with van der Waals surface area (Å²) in [7, 11) is 1.72. The molecule has 0 aliphatic carbocycles. The zero-order valence-corrected chi connectivity index (χ0v) is 12.6. The van der Waals surface area contributed by atoms with Crippen LogP contribution in [0.4, 0.5) is 0 Å². The van der Waals surface area contributed by atoms with Gasteiger partial charge in [-0.25, -0.2) is 4.98 Å². The maximum absolute atomic E-state index is 12.1. The van der Waals surface area contributed by atoms with E-state index in [4.69, 9.17) is 4.52 Å². The molecule has 8 heteroatoms. The van der Waals surface area contributed by atoms with Crippen LogP contribution in [0.25, 0.3) is 10.2 Å². The fraction of sp³-hybridized carbons (Fsp3) is 0.333. The Balaban J connectivity index is 1.87. The van der Waals surface area contributed by atoms with Crippen LogP contribution in [0.5, 0.6) is 0 Å². The van der Waals surface area contributed by atoms with E-state index in [0.29, 0.717) is 28.0 Å². The van der Waals surface area contributed by atoms with Crippen LogP contribution in [0.1, 0.15) is 18.6 Å². The number of thioether (sulfide) groups is 1. The second-order valence-corrected chi connectivity index (χ2v) is 5.98. The minimum absolute atomic E-state index is 0.0291. The van der Waals surface area contributed by atoms with Gasteiger partial charge < -0.3 is 4.52 Å². The second kappa shape index (κ2) is 5.37. The highest BCUT2D eigenvalue weighted by atomic mass is 32.2. The van der Waals surface area contributed by atoms with E-state index in [1.54, 1.807) is 17.7 Å². The maximum Gasteiger partial charge on any atom is 0.262 e. The lowest BCUT2D eigenvalue weighted by Gasteiger charge is -2.05. The highest BCUT2D eigenvalue weighted by Gasteiger charge is 2.12. The third-order valence-corrected chi connectivity index (χ3v) is 4.64. The Bertz CT molecular complexity index is 805. The molecule has 104 valence electrons. The van der Waals surface area contributed by atoms with Crippen molar-refractivity contribution in [1.82, 2.24) is 19.7 Å². The van der Waals surface area contributed by atoms with Gasteiger partial charge in [0.2, 0.25) is 5.89 Å². The van der Waals surface area contributed by atoms with Gasteiger partial charge in [0, 0.05) is 13.5 Å². The number of hydrogen-bond acceptors (Lipinski definition) is 7. The zero-order chi connectivity index (χ0) is 14.1. The van der Waals surface area contributed by atoms with Crippen LogP contribution in [0.2, 0.25) is 0 Å². The Morgan fingerprint density at radius 1 is 1.45 bits per heavy atom. The molecule has 0 saturated carbocycles. The van der Waals surface area contributed by atoms with Crippen LogP contribution in [0.15, 0.2) is 25.9 Å². The van der Waals surface area contributed by atoms with E-state index < -0.39 is 0 Å². The van der Waals surface area contributed by atoms with Gasteiger partial charge in [0.1, 0.15) is 4.83 Å². The number of thiophene rings is 1. The Kier molecular flexibility index (Phi) is 3.58. The first-order valence-corrected chi connectivity index (χ1v) is 7.94. The molecule has 0 atom stereocenters. The molecule has 0 saturated heterocycles. The van der Waals surface area contributed by atoms with Crippen LogP contribution in [-0.2, 0) is 19.2 Å². The van der Waals surface area contributed by atoms with Crippen molar-refractivity contribution >= 4 is 33.3 Å². The van der Waals surface area contributed by atoms with Crippen molar-refractivity contribution in [3.05, 3.63) is 33.5 Å². The van der Waals surface area contributed by atoms with Gasteiger partial charge in [-0.05, 0) is 11.4 Å². The Labute approximate surface area is 122 Å². The molecule has 0 fully saturated rings. The lowest BCUT2D eigenvalue weighted by Crippen LogP contribution is -2.19. The Morgan fingerprint density at radius 3 is 3.05 bits per heavy atom. The molecule has 0 radical (unpaired) electrons. The standard InChI is InChI=1S/C12H12N4O2S2/c1-3-8-13-9(18-15-8)6-20-12-14-10-7(4-5-19-10)11(17)16(12)2/h4-5H,3,6H2,1-2H3. The third-order valence-electron chi connectivity index (χ3n) is 2.82. The summed E-state index contributed by atoms with van der Waals surface area (Å²) in [6.45, 7) is 1.97. The van der Waals surface area contributed by atoms with Gasteiger partial charge in [-0.3, -0.25) is 9.36 Å². The van der Waals surface area contributed by atoms with Crippen LogP contribution >= 0.6 is 23.1 Å². The first-order chi connectivity index (χ1) is 9.69. The Morgan fingerprint density at radius 2 is 2.30 bits per heavy atom. The maximum atomic E-state index is 12.1. The van der Waals surface area contributed by atoms with Crippen molar-refractivity contribution in [2.24, 2.45) is 7.05 Å². The molecular formula is C12H12N4O2S2. The molecule has 0 aliphatic heterocycles. The molecule has 0 spiro atoms. The van der Waals surface area contributed by atoms with Gasteiger partial charge in [-0.1, -0.05) is 23.8 Å². The fourth-order valence-corrected chi connectivity index (χ4v) is 3.34. The summed E-state index contributed by atoms with van der Waals surface area (Å²) >= 11 is 2.88. The monoisotopic (exact) mass is 308 g/mol. The molecule has 0 aromatic carbocycles. The summed E-state index contributed by atoms with van der Waals surface area (Å²) in [6.07, 6.45) is 0.742. The third kappa shape index (κ3) is 2.36. The van der Waals surface area contributed by atoms with Crippen LogP contribution in [0.3, 0.4) is 0 Å². The quantitative estimate of drug-likeness (QED) is 0.543. The van der Waals surface area contributed by atoms with E-state index in [9.17, 15) is 4.79 Å². The lowest BCUT2D eigenvalue weighted by atomic mass is 10.4. The predicted molar refractivity (Wildman–Crippen MR) is 78.1 cm³/mol. The summed E-state index contributed by atoms with van der Waals surface area (Å²) in [5.74, 6) is 1.74. The molecule has 0 unspecified atom stereocenters. The van der Waals surface area contributed by atoms with Crippen molar-refractivity contribution in [3.63, 3.8) is 0 Å². The van der Waals surface area contributed by atoms with Gasteiger partial charge in [0.25, 0.3) is 5.56 Å². The summed E-state index contributed by atoms with van der Waals surface area (Å²) in [5.41, 5.74) is -0.0291. The van der Waals surface area contributed by atoms with E-state index >= 15 is 0 Å². The number of aromatic nitrogens is 4. The van der Waals surface area contributed by atoms with Crippen LogP contribution in [0, 0.1) is 0 Å². The molecule has 20 heavy (non-hydrogen) atoms. The number of rotatable bonds is 4. The zero-order valence-electron chi connectivity index (χ0n) is 11.0. The highest BCUT2D eigenvalue weighted by Crippen LogP contribution is 2.22. The molecule has 3 aromatic heterocycles. The first-order valence-electron chi connectivity index (χ1n) is 6.07. The number of fused-ring (bicyclic) bond motifs is 1. The van der Waals surface area contributed by atoms with Crippen LogP contribution in [-0.4, -0.2) is 19.7 Å². The molecular weight excluding hydrogens is 296 g/mol. The molecule has 0 aliphatic rings. The van der Waals surface area contributed by atoms with E-state index in [2.05, 4.69) is 15.1 Å². The van der Waals surface area contributed by atoms with Gasteiger partial charge >= 0.3 is 0 Å². The normalized spacial score (nSPS) is 11.3. The van der Waals surface area contributed by atoms with E-state index in [0.717, 1.165) is 11.3 Å². The second-order valence-electron chi connectivity index (χ2n) is 4.14. The number of hydrogen-bond donors (Lipinski definition) is 0. The van der Waals surface area contributed by atoms with Gasteiger partial charge in [0.05, 0.1) is 11.1 Å². The van der Waals surface area contributed by atoms with E-state index in [-0.39, 0.29) is 5.56 Å². The van der Waals surface area contributed by atoms with Gasteiger partial charge in [0.15, 0.2) is 11.0 Å². The fourth-order valence-electron chi connectivity index (χ4n) is 1.73. The molecule has 6 nitrogen and oxygen atoms in total. The van der Waals surface area contributed by atoms with E-state index in [1.165, 1.54) is 23.1 Å². The average molecular weight is 308 g/mol. The first kappa shape index (κ1) is 13.3. The number of nitrogens with zero attached hydrogens (tertiary/aromatic N) is 4. The van der Waals surface area contributed by atoms with Crippen LogP contribution < -0.4 is 5.56 Å². The summed E-state index contributed by atoms with van der Waals surface area (Å²) < 4.78 is 6.68. The molecule has 3 rings (SSSR count). The van der Waals surface area contributed by atoms with Gasteiger partial charge in [-0.2, -0.15) is 4.98 Å². The summed E-state index contributed by atoms with van der Waals surface area (Å²) in [5, 5.41) is 7.03. The number of aryl methyl sites for hydroxylation is 1. The lowest BCUT2D eigenvalue weighted by molar-refractivity contribution is 0.385. The summed E-state index contributed by atoms with van der Waals surface area (Å²) in [6, 6.07) is 1.80. The average Bonchev–Trinajstić information content (AvgIpc) is 3.09. The van der Waals surface area contributed by atoms with Crippen molar-refractivity contribution in [2.45, 2.75) is 24.3 Å². The molecule has 0 bridgehead atoms. The van der Waals surface area contributed by atoms with Crippen molar-refractivity contribution in [1.29, 1.82) is 0 Å².